The molecular weight excluding hydrogens is 360 g/mol. The zero-order valence-electron chi connectivity index (χ0n) is 18.8. The molecule has 164 valence electrons. The number of hydrogen-bond donors (Lipinski definition) is 1. The standard InChI is InChI=1S/C26H42O3/c1-4-7-8-9-10-11-12-13-14-15-16-17-18-19-20-21-22-23-24-29-26(5-2,6-3)25(27)28/h7-8,10-11,13-14,16-17,19-20H,4-6,9,12,15,18,21-24H2,1-3H3,(H,27,28). The maximum Gasteiger partial charge on any atom is 0.335 e. The molecule has 0 bridgehead atoms. The Labute approximate surface area is 178 Å². The maximum absolute atomic E-state index is 11.4. The summed E-state index contributed by atoms with van der Waals surface area (Å²) in [6, 6.07) is 0. The van der Waals surface area contributed by atoms with Crippen molar-refractivity contribution in [2.45, 2.75) is 90.6 Å². The van der Waals surface area contributed by atoms with Gasteiger partial charge in [0.05, 0.1) is 0 Å². The van der Waals surface area contributed by atoms with Gasteiger partial charge in [-0.2, -0.15) is 0 Å². The Hall–Kier alpha value is -1.87. The molecular formula is C26H42O3. The summed E-state index contributed by atoms with van der Waals surface area (Å²) in [5, 5.41) is 9.32. The maximum atomic E-state index is 11.4. The van der Waals surface area contributed by atoms with Crippen molar-refractivity contribution in [3.05, 3.63) is 60.8 Å². The van der Waals surface area contributed by atoms with Crippen molar-refractivity contribution < 1.29 is 14.6 Å². The van der Waals surface area contributed by atoms with Gasteiger partial charge in [0.25, 0.3) is 0 Å². The lowest BCUT2D eigenvalue weighted by Crippen LogP contribution is -2.40. The minimum atomic E-state index is -1.00. The highest BCUT2D eigenvalue weighted by molar-refractivity contribution is 5.77. The average Bonchev–Trinajstić information content (AvgIpc) is 2.72. The third kappa shape index (κ3) is 14.7. The molecule has 0 aliphatic heterocycles. The predicted octanol–water partition coefficient (Wildman–Crippen LogP) is 7.57. The van der Waals surface area contributed by atoms with Crippen LogP contribution in [0.2, 0.25) is 0 Å². The third-order valence-electron chi connectivity index (χ3n) is 4.83. The Morgan fingerprint density at radius 2 is 1.17 bits per heavy atom. The molecule has 0 rings (SSSR count). The van der Waals surface area contributed by atoms with E-state index in [1.165, 1.54) is 0 Å². The van der Waals surface area contributed by atoms with E-state index in [0.717, 1.165) is 51.4 Å². The van der Waals surface area contributed by atoms with Gasteiger partial charge in [0.15, 0.2) is 5.60 Å². The quantitative estimate of drug-likeness (QED) is 0.190. The molecule has 0 atom stereocenters. The van der Waals surface area contributed by atoms with Gasteiger partial charge in [-0.05, 0) is 64.2 Å². The zero-order chi connectivity index (χ0) is 21.6. The van der Waals surface area contributed by atoms with E-state index in [1.54, 1.807) is 0 Å². The SMILES string of the molecule is CCC=CCC=CCC=CCC=CCC=CCCCCOC(CC)(CC)C(=O)O. The second-order valence-corrected chi connectivity index (χ2v) is 7.06. The fourth-order valence-electron chi connectivity index (χ4n) is 2.82. The molecule has 1 N–H and O–H groups in total. The molecule has 29 heavy (non-hydrogen) atoms. The van der Waals surface area contributed by atoms with E-state index in [1.807, 2.05) is 13.8 Å². The van der Waals surface area contributed by atoms with Crippen LogP contribution in [0, 0.1) is 0 Å². The summed E-state index contributed by atoms with van der Waals surface area (Å²) in [5.74, 6) is -0.847. The molecule has 0 aromatic heterocycles. The molecule has 0 unspecified atom stereocenters. The number of allylic oxidation sites excluding steroid dienone is 10. The molecule has 0 aromatic rings. The highest BCUT2D eigenvalue weighted by atomic mass is 16.5. The predicted molar refractivity (Wildman–Crippen MR) is 125 cm³/mol. The number of hydrogen-bond acceptors (Lipinski definition) is 2. The highest BCUT2D eigenvalue weighted by Gasteiger charge is 2.35. The van der Waals surface area contributed by atoms with Gasteiger partial charge in [-0.3, -0.25) is 0 Å². The lowest BCUT2D eigenvalue weighted by atomic mass is 9.97. The van der Waals surface area contributed by atoms with E-state index in [2.05, 4.69) is 67.7 Å². The van der Waals surface area contributed by atoms with Crippen molar-refractivity contribution in [1.82, 2.24) is 0 Å². The lowest BCUT2D eigenvalue weighted by Gasteiger charge is -2.27. The van der Waals surface area contributed by atoms with Gasteiger partial charge >= 0.3 is 5.97 Å². The number of aliphatic carboxylic acids is 1. The molecule has 0 spiro atoms. The Balaban J connectivity index is 3.68. The summed E-state index contributed by atoms with van der Waals surface area (Å²) in [6.07, 6.45) is 31.0. The second-order valence-electron chi connectivity index (χ2n) is 7.06. The van der Waals surface area contributed by atoms with Crippen molar-refractivity contribution in [1.29, 1.82) is 0 Å². The van der Waals surface area contributed by atoms with Crippen molar-refractivity contribution in [3.8, 4) is 0 Å². The summed E-state index contributed by atoms with van der Waals surface area (Å²) in [5.41, 5.74) is -1.00. The van der Waals surface area contributed by atoms with E-state index in [0.29, 0.717) is 19.4 Å². The number of carboxylic acid groups (broad SMARTS) is 1. The van der Waals surface area contributed by atoms with Gasteiger partial charge in [-0.1, -0.05) is 81.5 Å². The average molecular weight is 403 g/mol. The Kier molecular flexibility index (Phi) is 18.2. The van der Waals surface area contributed by atoms with Crippen LogP contribution in [0.15, 0.2) is 60.8 Å². The summed E-state index contributed by atoms with van der Waals surface area (Å²) < 4.78 is 5.67. The van der Waals surface area contributed by atoms with Gasteiger partial charge in [0, 0.05) is 6.61 Å². The monoisotopic (exact) mass is 402 g/mol. The van der Waals surface area contributed by atoms with Crippen LogP contribution < -0.4 is 0 Å². The van der Waals surface area contributed by atoms with E-state index in [-0.39, 0.29) is 0 Å². The second kappa shape index (κ2) is 19.4. The first-order chi connectivity index (χ1) is 14.1. The minimum Gasteiger partial charge on any atom is -0.479 e. The molecule has 0 heterocycles. The van der Waals surface area contributed by atoms with Crippen molar-refractivity contribution in [2.75, 3.05) is 6.61 Å². The topological polar surface area (TPSA) is 46.5 Å². The Bertz CT molecular complexity index is 534. The van der Waals surface area contributed by atoms with Crippen LogP contribution in [0.4, 0.5) is 0 Å². The van der Waals surface area contributed by atoms with E-state index in [4.69, 9.17) is 4.74 Å². The molecule has 3 heteroatoms. The highest BCUT2D eigenvalue weighted by Crippen LogP contribution is 2.21. The molecule has 0 aromatic carbocycles. The summed E-state index contributed by atoms with van der Waals surface area (Å²) in [4.78, 5) is 11.4. The Morgan fingerprint density at radius 1 is 0.724 bits per heavy atom. The Morgan fingerprint density at radius 3 is 1.59 bits per heavy atom. The van der Waals surface area contributed by atoms with Gasteiger partial charge in [0.1, 0.15) is 0 Å². The molecule has 3 nitrogen and oxygen atoms in total. The largest absolute Gasteiger partial charge is 0.479 e. The first-order valence-electron chi connectivity index (χ1n) is 11.2. The van der Waals surface area contributed by atoms with Crippen molar-refractivity contribution in [2.24, 2.45) is 0 Å². The summed E-state index contributed by atoms with van der Waals surface area (Å²) in [7, 11) is 0. The zero-order valence-corrected chi connectivity index (χ0v) is 18.8. The van der Waals surface area contributed by atoms with Crippen LogP contribution in [0.3, 0.4) is 0 Å². The fraction of sp³-hybridized carbons (Fsp3) is 0.577. The van der Waals surface area contributed by atoms with Gasteiger partial charge in [-0.25, -0.2) is 4.79 Å². The number of ether oxygens (including phenoxy) is 1. The molecule has 0 amide bonds. The van der Waals surface area contributed by atoms with Crippen molar-refractivity contribution >= 4 is 5.97 Å². The van der Waals surface area contributed by atoms with Crippen LogP contribution in [-0.2, 0) is 9.53 Å². The van der Waals surface area contributed by atoms with E-state index < -0.39 is 11.6 Å². The number of carboxylic acids is 1. The molecule has 0 aliphatic rings. The normalized spacial score (nSPS) is 13.2. The molecule has 0 saturated carbocycles. The molecule has 0 saturated heterocycles. The van der Waals surface area contributed by atoms with Crippen LogP contribution in [0.1, 0.15) is 85.0 Å². The van der Waals surface area contributed by atoms with Gasteiger partial charge in [-0.15, -0.1) is 0 Å². The lowest BCUT2D eigenvalue weighted by molar-refractivity contribution is -0.167. The number of carbonyl (C=O) groups is 1. The summed E-state index contributed by atoms with van der Waals surface area (Å²) >= 11 is 0. The van der Waals surface area contributed by atoms with E-state index in [9.17, 15) is 9.90 Å². The minimum absolute atomic E-state index is 0.508. The van der Waals surface area contributed by atoms with E-state index >= 15 is 0 Å². The van der Waals surface area contributed by atoms with Crippen LogP contribution in [0.5, 0.6) is 0 Å². The molecule has 0 fully saturated rings. The number of unbranched alkanes of at least 4 members (excludes halogenated alkanes) is 2. The van der Waals surface area contributed by atoms with Crippen LogP contribution in [-0.4, -0.2) is 23.3 Å². The smallest absolute Gasteiger partial charge is 0.335 e. The third-order valence-corrected chi connectivity index (χ3v) is 4.83. The molecule has 0 aliphatic carbocycles. The van der Waals surface area contributed by atoms with Gasteiger partial charge in [0.2, 0.25) is 0 Å². The fourth-order valence-corrected chi connectivity index (χ4v) is 2.82. The first-order valence-corrected chi connectivity index (χ1v) is 11.2. The summed E-state index contributed by atoms with van der Waals surface area (Å²) in [6.45, 7) is 6.40. The van der Waals surface area contributed by atoms with Crippen molar-refractivity contribution in [3.63, 3.8) is 0 Å². The van der Waals surface area contributed by atoms with Crippen LogP contribution in [0.25, 0.3) is 0 Å². The molecule has 0 radical (unpaired) electrons. The first kappa shape index (κ1) is 27.1. The van der Waals surface area contributed by atoms with Gasteiger partial charge < -0.3 is 9.84 Å². The van der Waals surface area contributed by atoms with Crippen LogP contribution >= 0.6 is 0 Å². The number of rotatable bonds is 18.